The molecular formula is C10H8ClNO4. The Bertz CT molecular complexity index is 455. The zero-order valence-electron chi connectivity index (χ0n) is 7.96. The maximum atomic E-state index is 10.9. The number of carboxylic acids is 1. The summed E-state index contributed by atoms with van der Waals surface area (Å²) in [5.41, 5.74) is -0.403. The van der Waals surface area contributed by atoms with Crippen LogP contribution in [0.2, 0.25) is 5.02 Å². The van der Waals surface area contributed by atoms with Crippen LogP contribution in [0.15, 0.2) is 18.2 Å². The van der Waals surface area contributed by atoms with Gasteiger partial charge in [0.2, 0.25) is 0 Å². The Balaban J connectivity index is 3.31. The average molecular weight is 242 g/mol. The van der Waals surface area contributed by atoms with Crippen LogP contribution < -0.4 is 0 Å². The molecule has 0 saturated carbocycles. The second-order valence-electron chi connectivity index (χ2n) is 3.02. The lowest BCUT2D eigenvalue weighted by molar-refractivity contribution is 0.0499. The van der Waals surface area contributed by atoms with Crippen LogP contribution in [0, 0.1) is 11.3 Å². The molecule has 84 valence electrons. The molecule has 6 heteroatoms. The molecule has 0 aliphatic rings. The molecule has 0 bridgehead atoms. The van der Waals surface area contributed by atoms with Gasteiger partial charge in [0.25, 0.3) is 0 Å². The van der Waals surface area contributed by atoms with Crippen molar-refractivity contribution in [3.05, 3.63) is 34.3 Å². The maximum Gasteiger partial charge on any atom is 0.336 e. The van der Waals surface area contributed by atoms with E-state index in [0.29, 0.717) is 0 Å². The summed E-state index contributed by atoms with van der Waals surface area (Å²) in [6.45, 7) is 0. The number of nitriles is 1. The fourth-order valence-electron chi connectivity index (χ4n) is 1.25. The van der Waals surface area contributed by atoms with Crippen LogP contribution in [0.4, 0.5) is 0 Å². The first kappa shape index (κ1) is 12.5. The molecule has 0 saturated heterocycles. The number of benzene rings is 1. The van der Waals surface area contributed by atoms with E-state index in [1.807, 2.05) is 0 Å². The van der Waals surface area contributed by atoms with Gasteiger partial charge in [-0.25, -0.2) is 4.79 Å². The van der Waals surface area contributed by atoms with E-state index < -0.39 is 18.2 Å². The van der Waals surface area contributed by atoms with Crippen molar-refractivity contribution < 1.29 is 20.1 Å². The third kappa shape index (κ3) is 2.31. The first-order chi connectivity index (χ1) is 7.49. The zero-order chi connectivity index (χ0) is 12.3. The second-order valence-corrected chi connectivity index (χ2v) is 3.43. The third-order valence-corrected chi connectivity index (χ3v) is 2.34. The van der Waals surface area contributed by atoms with Crippen LogP contribution in [0.1, 0.15) is 22.0 Å². The van der Waals surface area contributed by atoms with Crippen LogP contribution in [-0.2, 0) is 0 Å². The fraction of sp³-hybridized carbons (Fsp3) is 0.200. The van der Waals surface area contributed by atoms with E-state index in [0.717, 1.165) is 0 Å². The average Bonchev–Trinajstić information content (AvgIpc) is 2.26. The highest BCUT2D eigenvalue weighted by molar-refractivity contribution is 6.31. The van der Waals surface area contributed by atoms with Gasteiger partial charge >= 0.3 is 5.97 Å². The number of hydrogen-bond donors (Lipinski definition) is 3. The summed E-state index contributed by atoms with van der Waals surface area (Å²) in [6, 6.07) is 5.42. The van der Waals surface area contributed by atoms with Crippen LogP contribution in [0.5, 0.6) is 0 Å². The summed E-state index contributed by atoms with van der Waals surface area (Å²) in [5, 5.41) is 36.0. The monoisotopic (exact) mass is 241 g/mol. The normalized spacial score (nSPS) is 13.9. The van der Waals surface area contributed by atoms with Gasteiger partial charge in [0.15, 0.2) is 6.10 Å². The van der Waals surface area contributed by atoms with E-state index in [4.69, 9.17) is 27.1 Å². The zero-order valence-corrected chi connectivity index (χ0v) is 8.72. The van der Waals surface area contributed by atoms with E-state index in [2.05, 4.69) is 0 Å². The Morgan fingerprint density at radius 2 is 2.06 bits per heavy atom. The van der Waals surface area contributed by atoms with Gasteiger partial charge in [-0.05, 0) is 12.1 Å². The predicted octanol–water partition coefficient (Wildman–Crippen LogP) is 0.956. The SMILES string of the molecule is N#CC(O)C(O)c1c(Cl)cccc1C(=O)O. The molecular weight excluding hydrogens is 234 g/mol. The molecule has 0 amide bonds. The minimum atomic E-state index is -1.72. The van der Waals surface area contributed by atoms with Gasteiger partial charge in [-0.3, -0.25) is 0 Å². The van der Waals surface area contributed by atoms with E-state index in [1.165, 1.54) is 24.3 Å². The summed E-state index contributed by atoms with van der Waals surface area (Å²) in [5.74, 6) is -1.29. The van der Waals surface area contributed by atoms with Crippen LogP contribution in [0.25, 0.3) is 0 Å². The number of aromatic carboxylic acids is 1. The molecule has 0 radical (unpaired) electrons. The number of rotatable bonds is 3. The Labute approximate surface area is 96.1 Å². The summed E-state index contributed by atoms with van der Waals surface area (Å²) < 4.78 is 0. The first-order valence-electron chi connectivity index (χ1n) is 4.26. The summed E-state index contributed by atoms with van der Waals surface area (Å²) in [4.78, 5) is 10.9. The van der Waals surface area contributed by atoms with Crippen molar-refractivity contribution >= 4 is 17.6 Å². The molecule has 0 aliphatic carbocycles. The molecule has 2 unspecified atom stereocenters. The number of aliphatic hydroxyl groups is 2. The molecule has 3 N–H and O–H groups in total. The molecule has 0 heterocycles. The molecule has 1 aromatic rings. The molecule has 0 fully saturated rings. The topological polar surface area (TPSA) is 102 Å². The Morgan fingerprint density at radius 1 is 1.44 bits per heavy atom. The number of hydrogen-bond acceptors (Lipinski definition) is 4. The van der Waals surface area contributed by atoms with Crippen LogP contribution in [-0.4, -0.2) is 27.4 Å². The smallest absolute Gasteiger partial charge is 0.336 e. The minimum Gasteiger partial charge on any atom is -0.478 e. The number of carbonyl (C=O) groups is 1. The van der Waals surface area contributed by atoms with Crippen molar-refractivity contribution in [1.29, 1.82) is 5.26 Å². The lowest BCUT2D eigenvalue weighted by Gasteiger charge is -2.15. The van der Waals surface area contributed by atoms with Crippen LogP contribution in [0.3, 0.4) is 0 Å². The summed E-state index contributed by atoms with van der Waals surface area (Å²) in [7, 11) is 0. The highest BCUT2D eigenvalue weighted by Gasteiger charge is 2.25. The fourth-order valence-corrected chi connectivity index (χ4v) is 1.54. The Morgan fingerprint density at radius 3 is 2.56 bits per heavy atom. The van der Waals surface area contributed by atoms with Crippen molar-refractivity contribution in [2.75, 3.05) is 0 Å². The second kappa shape index (κ2) is 4.94. The van der Waals surface area contributed by atoms with Gasteiger partial charge in [0, 0.05) is 10.6 Å². The Hall–Kier alpha value is -1.61. The molecule has 5 nitrogen and oxygen atoms in total. The minimum absolute atomic E-state index is 0.0123. The van der Waals surface area contributed by atoms with Crippen molar-refractivity contribution in [3.8, 4) is 6.07 Å². The highest BCUT2D eigenvalue weighted by atomic mass is 35.5. The molecule has 0 aliphatic heterocycles. The van der Waals surface area contributed by atoms with E-state index in [-0.39, 0.29) is 16.1 Å². The molecule has 2 atom stereocenters. The van der Waals surface area contributed by atoms with Gasteiger partial charge in [-0.15, -0.1) is 0 Å². The number of aliphatic hydroxyl groups excluding tert-OH is 2. The van der Waals surface area contributed by atoms with Gasteiger partial charge in [0.1, 0.15) is 6.10 Å². The highest BCUT2D eigenvalue weighted by Crippen LogP contribution is 2.28. The lowest BCUT2D eigenvalue weighted by atomic mass is 9.99. The first-order valence-corrected chi connectivity index (χ1v) is 4.64. The molecule has 1 aromatic carbocycles. The predicted molar refractivity (Wildman–Crippen MR) is 55.0 cm³/mol. The number of nitrogens with zero attached hydrogens (tertiary/aromatic N) is 1. The summed E-state index contributed by atoms with van der Waals surface area (Å²) >= 11 is 5.73. The maximum absolute atomic E-state index is 10.9. The van der Waals surface area contributed by atoms with Crippen LogP contribution >= 0.6 is 11.6 Å². The molecule has 16 heavy (non-hydrogen) atoms. The van der Waals surface area contributed by atoms with Gasteiger partial charge in [0.05, 0.1) is 11.6 Å². The van der Waals surface area contributed by atoms with E-state index in [1.54, 1.807) is 0 Å². The van der Waals surface area contributed by atoms with E-state index in [9.17, 15) is 9.90 Å². The van der Waals surface area contributed by atoms with Gasteiger partial charge in [-0.2, -0.15) is 5.26 Å². The third-order valence-electron chi connectivity index (χ3n) is 2.01. The van der Waals surface area contributed by atoms with Crippen molar-refractivity contribution in [3.63, 3.8) is 0 Å². The van der Waals surface area contributed by atoms with Gasteiger partial charge in [-0.1, -0.05) is 17.7 Å². The quantitative estimate of drug-likeness (QED) is 0.684. The standard InChI is InChI=1S/C10H8ClNO4/c11-6-3-1-2-5(10(15)16)8(6)9(14)7(13)4-12/h1-3,7,9,13-14H,(H,15,16). The Kier molecular flexibility index (Phi) is 3.85. The number of halogens is 1. The largest absolute Gasteiger partial charge is 0.478 e. The lowest BCUT2D eigenvalue weighted by Crippen LogP contribution is -2.19. The van der Waals surface area contributed by atoms with Crippen molar-refractivity contribution in [2.45, 2.75) is 12.2 Å². The van der Waals surface area contributed by atoms with E-state index >= 15 is 0 Å². The molecule has 1 rings (SSSR count). The van der Waals surface area contributed by atoms with Gasteiger partial charge < -0.3 is 15.3 Å². The van der Waals surface area contributed by atoms with Crippen molar-refractivity contribution in [1.82, 2.24) is 0 Å². The molecule has 0 aromatic heterocycles. The number of carboxylic acid groups (broad SMARTS) is 1. The summed E-state index contributed by atoms with van der Waals surface area (Å²) in [6.07, 6.45) is -3.37. The molecule has 0 spiro atoms. The van der Waals surface area contributed by atoms with Crippen molar-refractivity contribution in [2.24, 2.45) is 0 Å².